The maximum atomic E-state index is 12.7. The number of hydrogen-bond acceptors (Lipinski definition) is 5. The first-order chi connectivity index (χ1) is 14.2. The number of aromatic nitrogens is 2. The summed E-state index contributed by atoms with van der Waals surface area (Å²) in [6, 6.07) is 13.5. The summed E-state index contributed by atoms with van der Waals surface area (Å²) in [5, 5.41) is 4.86. The van der Waals surface area contributed by atoms with Gasteiger partial charge in [-0.25, -0.2) is 17.8 Å². The molecule has 158 valence electrons. The van der Waals surface area contributed by atoms with Crippen LogP contribution in [-0.2, 0) is 16.6 Å². The molecule has 30 heavy (non-hydrogen) atoms. The number of nitrogens with one attached hydrogen (secondary N) is 1. The van der Waals surface area contributed by atoms with Crippen LogP contribution in [0.15, 0.2) is 58.2 Å². The molecule has 0 saturated carbocycles. The quantitative estimate of drug-likeness (QED) is 0.600. The molecular formula is C21H22ClN3O4S. The Labute approximate surface area is 180 Å². The Bertz CT molecular complexity index is 1220. The average molecular weight is 448 g/mol. The Morgan fingerprint density at radius 1 is 1.07 bits per heavy atom. The number of hydrogen-bond donors (Lipinski definition) is 1. The second kappa shape index (κ2) is 8.99. The van der Waals surface area contributed by atoms with Crippen LogP contribution in [-0.4, -0.2) is 31.9 Å². The molecule has 7 nitrogen and oxygen atoms in total. The molecule has 0 radical (unpaired) electrons. The molecule has 1 N–H and O–H groups in total. The first kappa shape index (κ1) is 22.0. The van der Waals surface area contributed by atoms with Crippen LogP contribution in [0.4, 0.5) is 0 Å². The number of ether oxygens (including phenoxy) is 1. The summed E-state index contributed by atoms with van der Waals surface area (Å²) in [6.07, 6.45) is 0. The monoisotopic (exact) mass is 447 g/mol. The van der Waals surface area contributed by atoms with E-state index in [9.17, 15) is 13.2 Å². The topological polar surface area (TPSA) is 90.3 Å². The predicted octanol–water partition coefficient (Wildman–Crippen LogP) is 3.17. The molecule has 9 heteroatoms. The van der Waals surface area contributed by atoms with Gasteiger partial charge in [0.15, 0.2) is 0 Å². The van der Waals surface area contributed by atoms with E-state index in [2.05, 4.69) is 9.82 Å². The maximum Gasteiger partial charge on any atom is 0.266 e. The molecule has 0 unspecified atom stereocenters. The molecule has 0 bridgehead atoms. The minimum Gasteiger partial charge on any atom is -0.497 e. The minimum absolute atomic E-state index is 0.0163. The highest BCUT2D eigenvalue weighted by Crippen LogP contribution is 2.23. The van der Waals surface area contributed by atoms with Gasteiger partial charge in [-0.15, -0.1) is 0 Å². The van der Waals surface area contributed by atoms with Crippen molar-refractivity contribution in [2.45, 2.75) is 25.3 Å². The number of aryl methyl sites for hydroxylation is 2. The van der Waals surface area contributed by atoms with Crippen molar-refractivity contribution in [3.05, 3.63) is 75.0 Å². The standard InChI is InChI=1S/C21H22ClN3O4S/c1-14-13-20(15(2)12-18(14)22)30(27,28)23-10-11-25-21(26)9-8-19(24-25)16-4-6-17(29-3)7-5-16/h4-9,12-13,23H,10-11H2,1-3H3. The van der Waals surface area contributed by atoms with Crippen LogP contribution in [0, 0.1) is 13.8 Å². The van der Waals surface area contributed by atoms with Crippen LogP contribution in [0.3, 0.4) is 0 Å². The van der Waals surface area contributed by atoms with E-state index in [4.69, 9.17) is 16.3 Å². The molecule has 3 aromatic rings. The molecule has 1 aromatic heterocycles. The number of methoxy groups -OCH3 is 1. The maximum absolute atomic E-state index is 12.7. The smallest absolute Gasteiger partial charge is 0.266 e. The number of sulfonamides is 1. The fourth-order valence-electron chi connectivity index (χ4n) is 2.93. The number of rotatable bonds is 7. The summed E-state index contributed by atoms with van der Waals surface area (Å²) in [5.41, 5.74) is 2.33. The summed E-state index contributed by atoms with van der Waals surface area (Å²) in [7, 11) is -2.16. The minimum atomic E-state index is -3.75. The van der Waals surface area contributed by atoms with Gasteiger partial charge >= 0.3 is 0 Å². The Morgan fingerprint density at radius 3 is 2.43 bits per heavy atom. The van der Waals surface area contributed by atoms with Crippen molar-refractivity contribution in [3.8, 4) is 17.0 Å². The van der Waals surface area contributed by atoms with E-state index in [0.717, 1.165) is 5.56 Å². The van der Waals surface area contributed by atoms with Gasteiger partial charge in [0.2, 0.25) is 10.0 Å². The van der Waals surface area contributed by atoms with Gasteiger partial charge in [0, 0.05) is 23.2 Å². The van der Waals surface area contributed by atoms with Gasteiger partial charge < -0.3 is 4.74 Å². The summed E-state index contributed by atoms with van der Waals surface area (Å²) in [6.45, 7) is 3.54. The van der Waals surface area contributed by atoms with Crippen molar-refractivity contribution in [2.24, 2.45) is 0 Å². The highest BCUT2D eigenvalue weighted by molar-refractivity contribution is 7.89. The van der Waals surface area contributed by atoms with Crippen LogP contribution < -0.4 is 15.0 Å². The van der Waals surface area contributed by atoms with Crippen LogP contribution >= 0.6 is 11.6 Å². The lowest BCUT2D eigenvalue weighted by Crippen LogP contribution is -2.32. The third-order valence-electron chi connectivity index (χ3n) is 4.61. The number of benzene rings is 2. The largest absolute Gasteiger partial charge is 0.497 e. The number of nitrogens with zero attached hydrogens (tertiary/aromatic N) is 2. The van der Waals surface area contributed by atoms with Crippen LogP contribution in [0.2, 0.25) is 5.02 Å². The predicted molar refractivity (Wildman–Crippen MR) is 117 cm³/mol. The first-order valence-electron chi connectivity index (χ1n) is 9.20. The molecule has 0 spiro atoms. The lowest BCUT2D eigenvalue weighted by Gasteiger charge is -2.12. The van der Waals surface area contributed by atoms with Gasteiger partial charge in [-0.05, 0) is 67.4 Å². The Kier molecular flexibility index (Phi) is 6.60. The van der Waals surface area contributed by atoms with Gasteiger partial charge in [-0.2, -0.15) is 5.10 Å². The molecule has 0 atom stereocenters. The van der Waals surface area contributed by atoms with Crippen molar-refractivity contribution in [1.29, 1.82) is 0 Å². The third kappa shape index (κ3) is 4.89. The van der Waals surface area contributed by atoms with Crippen LogP contribution in [0.1, 0.15) is 11.1 Å². The first-order valence-corrected chi connectivity index (χ1v) is 11.1. The van der Waals surface area contributed by atoms with E-state index in [0.29, 0.717) is 27.6 Å². The van der Waals surface area contributed by atoms with Crippen molar-refractivity contribution >= 4 is 21.6 Å². The van der Waals surface area contributed by atoms with Gasteiger partial charge in [0.25, 0.3) is 5.56 Å². The fraction of sp³-hybridized carbons (Fsp3) is 0.238. The molecule has 1 heterocycles. The van der Waals surface area contributed by atoms with E-state index in [-0.39, 0.29) is 23.5 Å². The van der Waals surface area contributed by atoms with E-state index in [1.54, 1.807) is 45.2 Å². The van der Waals surface area contributed by atoms with Crippen molar-refractivity contribution < 1.29 is 13.2 Å². The van der Waals surface area contributed by atoms with E-state index < -0.39 is 10.0 Å². The van der Waals surface area contributed by atoms with Crippen molar-refractivity contribution in [2.75, 3.05) is 13.7 Å². The third-order valence-corrected chi connectivity index (χ3v) is 6.62. The zero-order valence-corrected chi connectivity index (χ0v) is 18.4. The normalized spacial score (nSPS) is 11.5. The van der Waals surface area contributed by atoms with Crippen LogP contribution in [0.25, 0.3) is 11.3 Å². The Balaban J connectivity index is 1.75. The molecule has 3 rings (SSSR count). The second-order valence-electron chi connectivity index (χ2n) is 6.77. The SMILES string of the molecule is COc1ccc(-c2ccc(=O)n(CCNS(=O)(=O)c3cc(C)c(Cl)cc3C)n2)cc1. The molecule has 0 aliphatic heterocycles. The summed E-state index contributed by atoms with van der Waals surface area (Å²) >= 11 is 6.05. The molecule has 0 saturated heterocycles. The van der Waals surface area contributed by atoms with Gasteiger partial charge in [-0.3, -0.25) is 4.79 Å². The lowest BCUT2D eigenvalue weighted by molar-refractivity contribution is 0.415. The number of halogens is 1. The van der Waals surface area contributed by atoms with Crippen molar-refractivity contribution in [1.82, 2.24) is 14.5 Å². The van der Waals surface area contributed by atoms with Crippen LogP contribution in [0.5, 0.6) is 5.75 Å². The highest BCUT2D eigenvalue weighted by atomic mass is 35.5. The molecule has 0 aliphatic carbocycles. The van der Waals surface area contributed by atoms with E-state index >= 15 is 0 Å². The molecule has 0 fully saturated rings. The molecule has 0 amide bonds. The molecule has 2 aromatic carbocycles. The zero-order valence-electron chi connectivity index (χ0n) is 16.8. The Morgan fingerprint density at radius 2 is 1.77 bits per heavy atom. The summed E-state index contributed by atoms with van der Waals surface area (Å²) < 4.78 is 34.2. The van der Waals surface area contributed by atoms with Crippen molar-refractivity contribution in [3.63, 3.8) is 0 Å². The lowest BCUT2D eigenvalue weighted by atomic mass is 10.1. The van der Waals surface area contributed by atoms with E-state index in [1.165, 1.54) is 16.8 Å². The zero-order chi connectivity index (χ0) is 21.9. The van der Waals surface area contributed by atoms with Gasteiger partial charge in [-0.1, -0.05) is 11.6 Å². The van der Waals surface area contributed by atoms with Gasteiger partial charge in [0.1, 0.15) is 5.75 Å². The molecular weight excluding hydrogens is 426 g/mol. The second-order valence-corrected chi connectivity index (χ2v) is 8.92. The van der Waals surface area contributed by atoms with E-state index in [1.807, 2.05) is 12.1 Å². The molecule has 0 aliphatic rings. The summed E-state index contributed by atoms with van der Waals surface area (Å²) in [5.74, 6) is 0.717. The summed E-state index contributed by atoms with van der Waals surface area (Å²) in [4.78, 5) is 12.3. The van der Waals surface area contributed by atoms with Gasteiger partial charge in [0.05, 0.1) is 24.2 Å². The highest BCUT2D eigenvalue weighted by Gasteiger charge is 2.18. The fourth-order valence-corrected chi connectivity index (χ4v) is 4.48. The average Bonchev–Trinajstić information content (AvgIpc) is 2.72. The Hall–Kier alpha value is -2.68.